The molecule has 9 nitrogen and oxygen atoms in total. The molecular weight excluding hydrogens is 778 g/mol. The zero-order valence-corrected chi connectivity index (χ0v) is 35.4. The van der Waals surface area contributed by atoms with Crippen molar-refractivity contribution in [3.05, 3.63) is 114 Å². The summed E-state index contributed by atoms with van der Waals surface area (Å²) >= 11 is 0. The molecule has 0 unspecified atom stereocenters. The number of imide groups is 1. The smallest absolute Gasteiger partial charge is 0.435 e. The van der Waals surface area contributed by atoms with Crippen LogP contribution < -0.4 is 5.73 Å². The van der Waals surface area contributed by atoms with E-state index in [1.807, 2.05) is 19.9 Å². The first-order valence-electron chi connectivity index (χ1n) is 20.6. The van der Waals surface area contributed by atoms with Gasteiger partial charge in [0.25, 0.3) is 10.0 Å². The molecule has 1 heterocycles. The summed E-state index contributed by atoms with van der Waals surface area (Å²) in [6.07, 6.45) is 16.4. The highest BCUT2D eigenvalue weighted by Gasteiger charge is 2.38. The van der Waals surface area contributed by atoms with Gasteiger partial charge in [0.05, 0.1) is 16.3 Å². The molecule has 3 aromatic rings. The van der Waals surface area contributed by atoms with Crippen molar-refractivity contribution in [3.8, 4) is 16.9 Å². The molecule has 1 aliphatic rings. The van der Waals surface area contributed by atoms with Crippen LogP contribution in [0.3, 0.4) is 0 Å². The van der Waals surface area contributed by atoms with Gasteiger partial charge >= 0.3 is 12.3 Å². The fraction of sp³-hybridized carbons (Fsp3) is 0.457. The third-order valence-corrected chi connectivity index (χ3v) is 12.3. The third kappa shape index (κ3) is 13.6. The van der Waals surface area contributed by atoms with Gasteiger partial charge in [-0.15, -0.1) is 4.31 Å². The van der Waals surface area contributed by atoms with E-state index in [1.54, 1.807) is 24.3 Å². The Labute approximate surface area is 347 Å². The van der Waals surface area contributed by atoms with Crippen molar-refractivity contribution in [2.24, 2.45) is 5.73 Å². The lowest BCUT2D eigenvalue weighted by atomic mass is 9.79. The number of unbranched alkanes of at least 4 members (excludes halogenated alkanes) is 8. The van der Waals surface area contributed by atoms with Gasteiger partial charge in [-0.05, 0) is 108 Å². The van der Waals surface area contributed by atoms with E-state index in [4.69, 9.17) is 10.5 Å². The number of sulfonamides is 1. The van der Waals surface area contributed by atoms with Crippen LogP contribution in [0.1, 0.15) is 121 Å². The van der Waals surface area contributed by atoms with Crippen LogP contribution in [0.15, 0.2) is 108 Å². The van der Waals surface area contributed by atoms with Crippen molar-refractivity contribution in [2.45, 2.75) is 134 Å². The van der Waals surface area contributed by atoms with E-state index >= 15 is 0 Å². The maximum Gasteiger partial charge on any atom is 0.435 e. The molecule has 0 aliphatic heterocycles. The molecule has 4 rings (SSSR count). The van der Waals surface area contributed by atoms with Gasteiger partial charge in [0, 0.05) is 17.5 Å². The lowest BCUT2D eigenvalue weighted by Crippen LogP contribution is -2.43. The molecule has 2 aromatic carbocycles. The lowest BCUT2D eigenvalue weighted by Gasteiger charge is -2.33. The van der Waals surface area contributed by atoms with Gasteiger partial charge in [-0.25, -0.2) is 17.9 Å². The predicted octanol–water partition coefficient (Wildman–Crippen LogP) is 11.7. The zero-order valence-electron chi connectivity index (χ0n) is 34.6. The number of carbonyl (C=O) groups excluding carboxylic acids is 2. The highest BCUT2D eigenvalue weighted by molar-refractivity contribution is 7.90. The summed E-state index contributed by atoms with van der Waals surface area (Å²) in [6.45, 7) is 9.64. The number of benzene rings is 2. The van der Waals surface area contributed by atoms with E-state index in [9.17, 15) is 31.2 Å². The van der Waals surface area contributed by atoms with Crippen molar-refractivity contribution in [2.75, 3.05) is 6.61 Å². The largest absolute Gasteiger partial charge is 0.444 e. The molecule has 0 saturated heterocycles. The van der Waals surface area contributed by atoms with E-state index in [1.165, 1.54) is 31.4 Å². The molecule has 13 heteroatoms. The number of halogens is 3. The Bertz CT molecular complexity index is 2070. The predicted molar refractivity (Wildman–Crippen MR) is 227 cm³/mol. The fourth-order valence-electron chi connectivity index (χ4n) is 6.68. The Morgan fingerprint density at radius 3 is 2.17 bits per heavy atom. The number of hydrogen-bond donors (Lipinski definition) is 1. The summed E-state index contributed by atoms with van der Waals surface area (Å²) in [5.41, 5.74) is 7.93. The maximum absolute atomic E-state index is 14.1. The minimum atomic E-state index is -4.80. The van der Waals surface area contributed by atoms with Crippen molar-refractivity contribution in [3.63, 3.8) is 0 Å². The van der Waals surface area contributed by atoms with Crippen molar-refractivity contribution in [1.29, 1.82) is 0 Å². The number of alkyl halides is 3. The molecule has 0 spiro atoms. The Morgan fingerprint density at radius 1 is 0.949 bits per heavy atom. The molecule has 2 amide bonds. The highest BCUT2D eigenvalue weighted by Crippen LogP contribution is 2.34. The van der Waals surface area contributed by atoms with E-state index in [2.05, 4.69) is 42.9 Å². The van der Waals surface area contributed by atoms with E-state index < -0.39 is 44.3 Å². The fourth-order valence-corrected chi connectivity index (χ4v) is 7.98. The first-order valence-corrected chi connectivity index (χ1v) is 22.0. The second kappa shape index (κ2) is 22.0. The number of nitrogens with two attached hydrogens (primary N) is 1. The molecule has 59 heavy (non-hydrogen) atoms. The Kier molecular flexibility index (Phi) is 17.5. The summed E-state index contributed by atoms with van der Waals surface area (Å²) in [5, 5.41) is 3.79. The molecule has 2 N–H and O–H groups in total. The van der Waals surface area contributed by atoms with Gasteiger partial charge < -0.3 is 10.5 Å². The number of ether oxygens (including phenoxy) is 1. The SMILES string of the molecule is C=C(C)[C@]1(N)CC=C(COC(=O)N(C(=O)CCCCCCC/C=C\C/C=C\CCCCC)S(=O)(=O)c2ccc(-n3nc(C(F)(F)F)cc3-c3ccc(C)cc3)cc2)CC1. The summed E-state index contributed by atoms with van der Waals surface area (Å²) in [4.78, 5) is 26.8. The van der Waals surface area contributed by atoms with Gasteiger partial charge in [0.1, 0.15) is 6.61 Å². The summed E-state index contributed by atoms with van der Waals surface area (Å²) < 4.78 is 76.2. The van der Waals surface area contributed by atoms with Gasteiger partial charge in [0.2, 0.25) is 5.91 Å². The van der Waals surface area contributed by atoms with Crippen LogP contribution in [0.5, 0.6) is 0 Å². The zero-order chi connectivity index (χ0) is 43.1. The van der Waals surface area contributed by atoms with E-state index in [-0.39, 0.29) is 28.7 Å². The number of nitrogens with zero attached hydrogens (tertiary/aromatic N) is 3. The van der Waals surface area contributed by atoms with Crippen LogP contribution in [0, 0.1) is 6.92 Å². The Balaban J connectivity index is 1.45. The summed E-state index contributed by atoms with van der Waals surface area (Å²) in [5.74, 6) is -0.936. The normalized spacial score (nSPS) is 16.1. The number of allylic oxidation sites excluding steroid dienone is 4. The average Bonchev–Trinajstić information content (AvgIpc) is 3.66. The first-order chi connectivity index (χ1) is 28.1. The molecule has 0 fully saturated rings. The van der Waals surface area contributed by atoms with Gasteiger partial charge in [-0.2, -0.15) is 18.3 Å². The van der Waals surface area contributed by atoms with E-state index in [0.29, 0.717) is 37.7 Å². The van der Waals surface area contributed by atoms with Crippen molar-refractivity contribution < 1.29 is 35.9 Å². The number of carbonyl (C=O) groups is 2. The quantitative estimate of drug-likeness (QED) is 0.0836. The van der Waals surface area contributed by atoms with Crippen LogP contribution in [-0.4, -0.2) is 46.6 Å². The molecule has 0 saturated carbocycles. The average molecular weight is 837 g/mol. The monoisotopic (exact) mass is 836 g/mol. The van der Waals surface area contributed by atoms with Gasteiger partial charge in [-0.1, -0.05) is 111 Å². The Morgan fingerprint density at radius 2 is 1.58 bits per heavy atom. The number of rotatable bonds is 21. The molecule has 0 bridgehead atoms. The number of aromatic nitrogens is 2. The second-order valence-electron chi connectivity index (χ2n) is 15.4. The Hall–Kier alpha value is -4.75. The standard InChI is InChI=1S/C46H59F3N4O5S/c1-5-6-7-8-9-10-11-12-13-14-15-16-17-18-19-20-43(54)53(44(55)58-34-37-29-31-45(50,32-30-37)35(2)3)59(56,57)40-27-25-39(26-28-40)52-41(33-42(51-52)46(47,48)49)38-23-21-36(4)22-24-38/h9-10,12-13,21-29,33H,2,5-8,11,14-20,30-32,34,50H2,1,3-4H3/b10-9-,13-12-/t45-/m0/s1. The van der Waals surface area contributed by atoms with E-state index in [0.717, 1.165) is 78.1 Å². The lowest BCUT2D eigenvalue weighted by molar-refractivity contribution is -0.141. The van der Waals surface area contributed by atoms with Gasteiger partial charge in [-0.3, -0.25) is 4.79 Å². The van der Waals surface area contributed by atoms with Crippen molar-refractivity contribution in [1.82, 2.24) is 14.1 Å². The third-order valence-electron chi connectivity index (χ3n) is 10.6. The molecule has 1 aliphatic carbocycles. The number of amides is 2. The topological polar surface area (TPSA) is 125 Å². The molecule has 320 valence electrons. The molecular formula is C46H59F3N4O5S. The minimum absolute atomic E-state index is 0.135. The number of hydrogen-bond acceptors (Lipinski definition) is 7. The minimum Gasteiger partial charge on any atom is -0.444 e. The van der Waals surface area contributed by atoms with Crippen LogP contribution in [0.2, 0.25) is 0 Å². The molecule has 1 atom stereocenters. The molecule has 1 aromatic heterocycles. The molecule has 0 radical (unpaired) electrons. The van der Waals surface area contributed by atoms with Crippen molar-refractivity contribution >= 4 is 22.0 Å². The maximum atomic E-state index is 14.1. The summed E-state index contributed by atoms with van der Waals surface area (Å²) in [6, 6.07) is 12.6. The second-order valence-corrected chi connectivity index (χ2v) is 17.2. The van der Waals surface area contributed by atoms with Crippen LogP contribution >= 0.6 is 0 Å². The van der Waals surface area contributed by atoms with Gasteiger partial charge in [0.15, 0.2) is 5.69 Å². The first kappa shape index (κ1) is 46.9. The van der Waals surface area contributed by atoms with Crippen LogP contribution in [0.4, 0.5) is 18.0 Å². The number of aryl methyl sites for hydroxylation is 1. The van der Waals surface area contributed by atoms with Crippen LogP contribution in [0.25, 0.3) is 16.9 Å². The summed E-state index contributed by atoms with van der Waals surface area (Å²) in [7, 11) is -4.80. The highest BCUT2D eigenvalue weighted by atomic mass is 32.2. The van der Waals surface area contributed by atoms with Crippen LogP contribution in [-0.2, 0) is 25.7 Å².